The molecule has 0 saturated carbocycles. The highest BCUT2D eigenvalue weighted by molar-refractivity contribution is 6.30. The number of halogens is 2. The topological polar surface area (TPSA) is 33.3 Å². The van der Waals surface area contributed by atoms with Crippen LogP contribution in [0.5, 0.6) is 5.75 Å². The highest BCUT2D eigenvalue weighted by Crippen LogP contribution is 2.29. The molecule has 2 atom stereocenters. The summed E-state index contributed by atoms with van der Waals surface area (Å²) in [6, 6.07) is 21.3. The van der Waals surface area contributed by atoms with Crippen molar-refractivity contribution in [3.8, 4) is 16.9 Å². The molecule has 0 radical (unpaired) electrons. The van der Waals surface area contributed by atoms with Gasteiger partial charge in [0.15, 0.2) is 0 Å². The first-order chi connectivity index (χ1) is 14.6. The molecule has 1 aliphatic heterocycles. The molecule has 5 heteroatoms. The molecule has 1 saturated heterocycles. The van der Waals surface area contributed by atoms with Gasteiger partial charge in [0.2, 0.25) is 0 Å². The molecule has 30 heavy (non-hydrogen) atoms. The summed E-state index contributed by atoms with van der Waals surface area (Å²) in [6.45, 7) is 1.66. The monoisotopic (exact) mass is 424 g/mol. The first-order valence-electron chi connectivity index (χ1n) is 10.3. The maximum atomic E-state index is 13.3. The molecule has 2 N–H and O–H groups in total. The van der Waals surface area contributed by atoms with Gasteiger partial charge in [-0.25, -0.2) is 4.39 Å². The number of nitrogens with one attached hydrogen (secondary N) is 2. The maximum Gasteiger partial charge on any atom is 0.123 e. The van der Waals surface area contributed by atoms with Gasteiger partial charge in [-0.15, -0.1) is 0 Å². The van der Waals surface area contributed by atoms with Crippen LogP contribution in [0.4, 0.5) is 4.39 Å². The molecule has 0 aromatic heterocycles. The van der Waals surface area contributed by atoms with E-state index in [1.54, 1.807) is 7.11 Å². The van der Waals surface area contributed by atoms with E-state index >= 15 is 0 Å². The number of ether oxygens (including phenoxy) is 1. The number of hydrogen-bond donors (Lipinski definition) is 2. The van der Waals surface area contributed by atoms with Crippen LogP contribution in [-0.4, -0.2) is 19.7 Å². The Morgan fingerprint density at radius 3 is 2.50 bits per heavy atom. The SMILES string of the molecule is COc1ccc(-c2ccc(Cl)cc2)cc1CNC1CCCNC1c1ccc(F)cc1. The fourth-order valence-electron chi connectivity index (χ4n) is 4.11. The van der Waals surface area contributed by atoms with E-state index in [4.69, 9.17) is 16.3 Å². The molecule has 0 aliphatic carbocycles. The third kappa shape index (κ3) is 4.84. The van der Waals surface area contributed by atoms with Crippen molar-refractivity contribution >= 4 is 11.6 Å². The third-order valence-electron chi connectivity index (χ3n) is 5.70. The van der Waals surface area contributed by atoms with E-state index in [1.165, 1.54) is 12.1 Å². The Balaban J connectivity index is 1.53. The summed E-state index contributed by atoms with van der Waals surface area (Å²) in [5.41, 5.74) is 4.46. The predicted molar refractivity (Wildman–Crippen MR) is 120 cm³/mol. The zero-order valence-corrected chi connectivity index (χ0v) is 17.8. The van der Waals surface area contributed by atoms with Crippen molar-refractivity contribution in [2.45, 2.75) is 31.5 Å². The number of rotatable bonds is 6. The van der Waals surface area contributed by atoms with E-state index in [2.05, 4.69) is 22.8 Å². The van der Waals surface area contributed by atoms with E-state index in [0.717, 1.165) is 52.4 Å². The van der Waals surface area contributed by atoms with Gasteiger partial charge in [-0.2, -0.15) is 0 Å². The van der Waals surface area contributed by atoms with E-state index in [1.807, 2.05) is 42.5 Å². The lowest BCUT2D eigenvalue weighted by atomic mass is 9.92. The maximum absolute atomic E-state index is 13.3. The van der Waals surface area contributed by atoms with Gasteiger partial charge in [0.05, 0.1) is 7.11 Å². The van der Waals surface area contributed by atoms with E-state index in [0.29, 0.717) is 6.54 Å². The Kier molecular flexibility index (Phi) is 6.68. The van der Waals surface area contributed by atoms with Gasteiger partial charge in [0.25, 0.3) is 0 Å². The van der Waals surface area contributed by atoms with E-state index in [-0.39, 0.29) is 17.9 Å². The lowest BCUT2D eigenvalue weighted by molar-refractivity contribution is 0.302. The number of hydrogen-bond acceptors (Lipinski definition) is 3. The lowest BCUT2D eigenvalue weighted by Crippen LogP contribution is -2.45. The molecule has 0 bridgehead atoms. The predicted octanol–water partition coefficient (Wildman–Crippen LogP) is 5.74. The molecule has 0 amide bonds. The first kappa shape index (κ1) is 20.9. The minimum Gasteiger partial charge on any atom is -0.496 e. The Morgan fingerprint density at radius 2 is 1.77 bits per heavy atom. The number of methoxy groups -OCH3 is 1. The second-order valence-corrected chi connectivity index (χ2v) is 8.08. The Labute approximate surface area is 182 Å². The summed E-state index contributed by atoms with van der Waals surface area (Å²) in [5.74, 6) is 0.658. The van der Waals surface area contributed by atoms with Crippen LogP contribution < -0.4 is 15.4 Å². The van der Waals surface area contributed by atoms with Crippen molar-refractivity contribution in [2.75, 3.05) is 13.7 Å². The minimum absolute atomic E-state index is 0.157. The summed E-state index contributed by atoms with van der Waals surface area (Å²) in [4.78, 5) is 0. The van der Waals surface area contributed by atoms with Crippen LogP contribution in [0.25, 0.3) is 11.1 Å². The van der Waals surface area contributed by atoms with Crippen molar-refractivity contribution < 1.29 is 9.13 Å². The molecule has 1 heterocycles. The minimum atomic E-state index is -0.206. The lowest BCUT2D eigenvalue weighted by Gasteiger charge is -2.34. The zero-order valence-electron chi connectivity index (χ0n) is 17.0. The van der Waals surface area contributed by atoms with Gasteiger partial charge in [0, 0.05) is 29.2 Å². The highest BCUT2D eigenvalue weighted by atomic mass is 35.5. The average molecular weight is 425 g/mol. The van der Waals surface area contributed by atoms with Crippen LogP contribution in [0.15, 0.2) is 66.7 Å². The van der Waals surface area contributed by atoms with Gasteiger partial charge >= 0.3 is 0 Å². The summed E-state index contributed by atoms with van der Waals surface area (Å²) in [6.07, 6.45) is 2.17. The Morgan fingerprint density at radius 1 is 1.03 bits per heavy atom. The summed E-state index contributed by atoms with van der Waals surface area (Å²) in [5, 5.41) is 8.02. The highest BCUT2D eigenvalue weighted by Gasteiger charge is 2.26. The smallest absolute Gasteiger partial charge is 0.123 e. The fraction of sp³-hybridized carbons (Fsp3) is 0.280. The van der Waals surface area contributed by atoms with E-state index < -0.39 is 0 Å². The van der Waals surface area contributed by atoms with Crippen LogP contribution >= 0.6 is 11.6 Å². The average Bonchev–Trinajstić information content (AvgIpc) is 2.79. The molecular weight excluding hydrogens is 399 g/mol. The second kappa shape index (κ2) is 9.61. The number of benzene rings is 3. The molecular formula is C25H26ClFN2O. The van der Waals surface area contributed by atoms with Crippen molar-refractivity contribution in [1.29, 1.82) is 0 Å². The molecule has 1 aliphatic rings. The van der Waals surface area contributed by atoms with Gasteiger partial charge in [-0.1, -0.05) is 41.9 Å². The second-order valence-electron chi connectivity index (χ2n) is 7.65. The summed E-state index contributed by atoms with van der Waals surface area (Å²) in [7, 11) is 1.70. The molecule has 3 aromatic carbocycles. The third-order valence-corrected chi connectivity index (χ3v) is 5.95. The van der Waals surface area contributed by atoms with Crippen LogP contribution in [0.2, 0.25) is 5.02 Å². The Bertz CT molecular complexity index is 975. The molecule has 3 nitrogen and oxygen atoms in total. The molecule has 0 spiro atoms. The van der Waals surface area contributed by atoms with E-state index in [9.17, 15) is 4.39 Å². The molecule has 3 aromatic rings. The molecule has 1 fully saturated rings. The van der Waals surface area contributed by atoms with Crippen molar-refractivity contribution in [3.63, 3.8) is 0 Å². The van der Waals surface area contributed by atoms with Crippen molar-refractivity contribution in [2.24, 2.45) is 0 Å². The molecule has 4 rings (SSSR count). The van der Waals surface area contributed by atoms with Gasteiger partial charge < -0.3 is 15.4 Å². The molecule has 156 valence electrons. The van der Waals surface area contributed by atoms with Crippen molar-refractivity contribution in [1.82, 2.24) is 10.6 Å². The van der Waals surface area contributed by atoms with Gasteiger partial charge in [-0.05, 0) is 72.5 Å². The van der Waals surface area contributed by atoms with Crippen LogP contribution in [-0.2, 0) is 6.54 Å². The van der Waals surface area contributed by atoms with Crippen molar-refractivity contribution in [3.05, 3.63) is 88.7 Å². The van der Waals surface area contributed by atoms with Crippen LogP contribution in [0.3, 0.4) is 0 Å². The zero-order chi connectivity index (χ0) is 20.9. The standard InChI is InChI=1S/C25H26ClFN2O/c1-30-24-13-8-19(17-4-9-21(26)10-5-17)15-20(24)16-29-23-3-2-14-28-25(23)18-6-11-22(27)12-7-18/h4-13,15,23,25,28-29H,2-3,14,16H2,1H3. The molecule has 2 unspecified atom stereocenters. The van der Waals surface area contributed by atoms with Gasteiger partial charge in [-0.3, -0.25) is 0 Å². The fourth-order valence-corrected chi connectivity index (χ4v) is 4.23. The normalized spacial score (nSPS) is 18.9. The summed E-state index contributed by atoms with van der Waals surface area (Å²) >= 11 is 6.03. The largest absolute Gasteiger partial charge is 0.496 e. The van der Waals surface area contributed by atoms with Gasteiger partial charge in [0.1, 0.15) is 11.6 Å². The Hall–Kier alpha value is -2.40. The quantitative estimate of drug-likeness (QED) is 0.529. The summed E-state index contributed by atoms with van der Waals surface area (Å²) < 4.78 is 18.9. The first-order valence-corrected chi connectivity index (χ1v) is 10.7. The van der Waals surface area contributed by atoms with Crippen LogP contribution in [0.1, 0.15) is 30.0 Å². The number of piperidine rings is 1. The van der Waals surface area contributed by atoms with Crippen LogP contribution in [0, 0.1) is 5.82 Å².